The Labute approximate surface area is 373 Å². The van der Waals surface area contributed by atoms with Crippen LogP contribution >= 0.6 is 0 Å². The summed E-state index contributed by atoms with van der Waals surface area (Å²) in [4.78, 5) is 19.7. The van der Waals surface area contributed by atoms with Crippen LogP contribution in [0.3, 0.4) is 0 Å². The van der Waals surface area contributed by atoms with Crippen molar-refractivity contribution in [1.82, 2.24) is 29.1 Å². The summed E-state index contributed by atoms with van der Waals surface area (Å²) in [7, 11) is 0. The second kappa shape index (κ2) is 14.9. The molecule has 7 heteroatoms. The zero-order valence-corrected chi connectivity index (χ0v) is 34.9. The van der Waals surface area contributed by atoms with Gasteiger partial charge in [-0.1, -0.05) is 146 Å². The number of hydrogen-bond acceptors (Lipinski definition) is 5. The minimum absolute atomic E-state index is 0.620. The zero-order valence-electron chi connectivity index (χ0n) is 34.9. The fourth-order valence-corrected chi connectivity index (χ4v) is 9.35. The van der Waals surface area contributed by atoms with E-state index >= 15 is 0 Å². The molecule has 0 saturated heterocycles. The zero-order chi connectivity index (χ0) is 42.8. The van der Waals surface area contributed by atoms with Crippen LogP contribution in [0, 0.1) is 0 Å². The molecule has 13 rings (SSSR count). The van der Waals surface area contributed by atoms with E-state index in [4.69, 9.17) is 24.4 Å². The Bertz CT molecular complexity index is 3850. The number of rotatable bonds is 7. The maximum atomic E-state index is 6.25. The highest BCUT2D eigenvalue weighted by Gasteiger charge is 2.22. The van der Waals surface area contributed by atoms with Gasteiger partial charge in [-0.15, -0.1) is 0 Å². The molecule has 0 unspecified atom stereocenters. The smallest absolute Gasteiger partial charge is 0.227 e. The lowest BCUT2D eigenvalue weighted by molar-refractivity contribution is 0.620. The summed E-state index contributed by atoms with van der Waals surface area (Å²) in [6.45, 7) is 0. The quantitative estimate of drug-likeness (QED) is 0.160. The van der Waals surface area contributed by atoms with Gasteiger partial charge in [0.05, 0.1) is 22.1 Å². The van der Waals surface area contributed by atoms with Crippen LogP contribution in [0.4, 0.5) is 0 Å². The molecule has 4 heterocycles. The summed E-state index contributed by atoms with van der Waals surface area (Å²) in [5.74, 6) is 2.52. The van der Waals surface area contributed by atoms with Crippen LogP contribution < -0.4 is 0 Å². The lowest BCUT2D eigenvalue weighted by Gasteiger charge is -2.14. The fourth-order valence-electron chi connectivity index (χ4n) is 9.35. The number of oxazole rings is 1. The molecule has 0 saturated carbocycles. The summed E-state index contributed by atoms with van der Waals surface area (Å²) >= 11 is 0. The Kier molecular flexibility index (Phi) is 8.39. The van der Waals surface area contributed by atoms with Gasteiger partial charge in [0, 0.05) is 55.2 Å². The van der Waals surface area contributed by atoms with Crippen molar-refractivity contribution < 1.29 is 4.42 Å². The van der Waals surface area contributed by atoms with E-state index in [1.165, 1.54) is 21.5 Å². The first-order valence-electron chi connectivity index (χ1n) is 21.7. The predicted molar refractivity (Wildman–Crippen MR) is 263 cm³/mol. The summed E-state index contributed by atoms with van der Waals surface area (Å²) in [5.41, 5.74) is 14.2. The molecule has 65 heavy (non-hydrogen) atoms. The number of nitrogens with zero attached hydrogens (tertiary/aromatic N) is 6. The molecule has 0 fully saturated rings. The first-order valence-corrected chi connectivity index (χ1v) is 21.7. The first-order chi connectivity index (χ1) is 32.2. The predicted octanol–water partition coefficient (Wildman–Crippen LogP) is 14.5. The standard InChI is InChI=1S/C58H36N6O/c1-4-14-38(15-5-1)55-60-56(39-16-6-2-7-17-39)62-57(61-55)40-26-31-44(32-27-40)64-51-23-13-11-21-46(51)48-34-33-47-45-20-10-12-22-50(45)63(53(47)54(48)64)43-29-24-37(25-30-43)42-28-35-49-52(36-42)65-58(59-49)41-18-8-3-9-19-41/h1-36H. The van der Waals surface area contributed by atoms with Crippen molar-refractivity contribution in [2.75, 3.05) is 0 Å². The molecule has 13 aromatic rings. The third kappa shape index (κ3) is 6.13. The van der Waals surface area contributed by atoms with E-state index in [1.54, 1.807) is 0 Å². The molecule has 0 amide bonds. The summed E-state index contributed by atoms with van der Waals surface area (Å²) in [5, 5.41) is 4.76. The van der Waals surface area contributed by atoms with E-state index in [-0.39, 0.29) is 0 Å². The Balaban J connectivity index is 0.956. The van der Waals surface area contributed by atoms with Gasteiger partial charge < -0.3 is 13.6 Å². The highest BCUT2D eigenvalue weighted by atomic mass is 16.3. The van der Waals surface area contributed by atoms with E-state index in [0.29, 0.717) is 23.4 Å². The molecule has 0 N–H and O–H groups in total. The Morgan fingerprint density at radius 1 is 0.308 bits per heavy atom. The molecule has 4 aromatic heterocycles. The molecular formula is C58H36N6O. The molecule has 7 nitrogen and oxygen atoms in total. The number of para-hydroxylation sites is 2. The SMILES string of the molecule is c1ccc(-c2nc(-c3ccccc3)nc(-c3ccc(-n4c5ccccc5c5ccc6c7ccccc7n(-c7ccc(-c8ccc9nc(-c%10ccccc%10)oc9c8)cc7)c6c54)cc3)n2)cc1. The van der Waals surface area contributed by atoms with Gasteiger partial charge in [-0.2, -0.15) is 0 Å². The third-order valence-electron chi connectivity index (χ3n) is 12.4. The summed E-state index contributed by atoms with van der Waals surface area (Å²) in [6.07, 6.45) is 0. The van der Waals surface area contributed by atoms with E-state index in [2.05, 4.69) is 130 Å². The van der Waals surface area contributed by atoms with Crippen molar-refractivity contribution in [2.24, 2.45) is 0 Å². The van der Waals surface area contributed by atoms with Gasteiger partial charge in [0.2, 0.25) is 5.89 Å². The molecule has 9 aromatic carbocycles. The van der Waals surface area contributed by atoms with Crippen molar-refractivity contribution in [3.05, 3.63) is 218 Å². The molecule has 0 aliphatic carbocycles. The van der Waals surface area contributed by atoms with Crippen LogP contribution in [-0.2, 0) is 0 Å². The van der Waals surface area contributed by atoms with Gasteiger partial charge in [-0.05, 0) is 83.9 Å². The maximum absolute atomic E-state index is 6.25. The van der Waals surface area contributed by atoms with Crippen LogP contribution in [-0.4, -0.2) is 29.1 Å². The lowest BCUT2D eigenvalue weighted by Crippen LogP contribution is -2.01. The van der Waals surface area contributed by atoms with Crippen molar-refractivity contribution in [3.63, 3.8) is 0 Å². The molecule has 0 bridgehead atoms. The van der Waals surface area contributed by atoms with Crippen LogP contribution in [0.2, 0.25) is 0 Å². The van der Waals surface area contributed by atoms with Gasteiger partial charge in [0.1, 0.15) is 5.52 Å². The van der Waals surface area contributed by atoms with E-state index in [9.17, 15) is 0 Å². The van der Waals surface area contributed by atoms with E-state index in [0.717, 1.165) is 77.9 Å². The number of aromatic nitrogens is 6. The van der Waals surface area contributed by atoms with Gasteiger partial charge in [-0.3, -0.25) is 0 Å². The normalized spacial score (nSPS) is 11.7. The topological polar surface area (TPSA) is 74.6 Å². The molecule has 304 valence electrons. The van der Waals surface area contributed by atoms with Gasteiger partial charge in [0.25, 0.3) is 0 Å². The Morgan fingerprint density at radius 2 is 0.723 bits per heavy atom. The number of benzene rings is 9. The maximum Gasteiger partial charge on any atom is 0.227 e. The Morgan fingerprint density at radius 3 is 1.23 bits per heavy atom. The highest BCUT2D eigenvalue weighted by molar-refractivity contribution is 6.23. The highest BCUT2D eigenvalue weighted by Crippen LogP contribution is 2.42. The summed E-state index contributed by atoms with van der Waals surface area (Å²) in [6, 6.07) is 75.9. The van der Waals surface area contributed by atoms with Gasteiger partial charge in [-0.25, -0.2) is 19.9 Å². The van der Waals surface area contributed by atoms with Crippen molar-refractivity contribution in [3.8, 4) is 68.1 Å². The molecule has 0 aliphatic heterocycles. The van der Waals surface area contributed by atoms with Gasteiger partial charge >= 0.3 is 0 Å². The largest absolute Gasteiger partial charge is 0.436 e. The van der Waals surface area contributed by atoms with Crippen molar-refractivity contribution in [1.29, 1.82) is 0 Å². The minimum atomic E-state index is 0.620. The first kappa shape index (κ1) is 36.7. The number of hydrogen-bond donors (Lipinski definition) is 0. The van der Waals surface area contributed by atoms with Gasteiger partial charge in [0.15, 0.2) is 23.1 Å². The molecule has 0 atom stereocenters. The van der Waals surface area contributed by atoms with Crippen LogP contribution in [0.1, 0.15) is 0 Å². The molecular weight excluding hydrogens is 797 g/mol. The second-order valence-corrected chi connectivity index (χ2v) is 16.3. The monoisotopic (exact) mass is 832 g/mol. The van der Waals surface area contributed by atoms with Crippen LogP contribution in [0.25, 0.3) is 123 Å². The van der Waals surface area contributed by atoms with E-state index < -0.39 is 0 Å². The third-order valence-corrected chi connectivity index (χ3v) is 12.4. The average molecular weight is 833 g/mol. The fraction of sp³-hybridized carbons (Fsp3) is 0. The lowest BCUT2D eigenvalue weighted by atomic mass is 10.0. The minimum Gasteiger partial charge on any atom is -0.436 e. The Hall–Kier alpha value is -8.94. The molecule has 0 aliphatic rings. The average Bonchev–Trinajstić information content (AvgIpc) is 4.07. The number of fused-ring (bicyclic) bond motifs is 8. The summed E-state index contributed by atoms with van der Waals surface area (Å²) < 4.78 is 11.1. The van der Waals surface area contributed by atoms with Crippen molar-refractivity contribution in [2.45, 2.75) is 0 Å². The molecule has 0 spiro atoms. The van der Waals surface area contributed by atoms with Crippen LogP contribution in [0.5, 0.6) is 0 Å². The van der Waals surface area contributed by atoms with E-state index in [1.807, 2.05) is 97.1 Å². The molecule has 0 radical (unpaired) electrons. The van der Waals surface area contributed by atoms with Crippen LogP contribution in [0.15, 0.2) is 223 Å². The van der Waals surface area contributed by atoms with Crippen molar-refractivity contribution >= 4 is 54.7 Å². The second-order valence-electron chi connectivity index (χ2n) is 16.3.